The average Bonchev–Trinajstić information content (AvgIpc) is 2.20. The molecule has 0 saturated heterocycles. The molecule has 1 fully saturated rings. The summed E-state index contributed by atoms with van der Waals surface area (Å²) in [6.45, 7) is 0.774. The van der Waals surface area contributed by atoms with Crippen molar-refractivity contribution in [2.45, 2.75) is 19.3 Å². The number of anilines is 2. The standard InChI is InChI=1S/C12H17BrN2O/c1-15-10-6-5-9(13)12(11(10)14)16-7-8-3-2-4-8/h5-6,8,15H,2-4,7,14H2,1H3. The highest BCUT2D eigenvalue weighted by Gasteiger charge is 2.19. The van der Waals surface area contributed by atoms with Gasteiger partial charge in [0.25, 0.3) is 0 Å². The van der Waals surface area contributed by atoms with Crippen LogP contribution < -0.4 is 15.8 Å². The lowest BCUT2D eigenvalue weighted by Crippen LogP contribution is -2.19. The van der Waals surface area contributed by atoms with Crippen molar-refractivity contribution >= 4 is 27.3 Å². The molecule has 0 spiro atoms. The highest BCUT2D eigenvalue weighted by molar-refractivity contribution is 9.10. The number of halogens is 1. The minimum Gasteiger partial charge on any atom is -0.490 e. The Bertz CT molecular complexity index is 378. The van der Waals surface area contributed by atoms with E-state index in [1.54, 1.807) is 0 Å². The van der Waals surface area contributed by atoms with E-state index in [1.807, 2.05) is 19.2 Å². The number of hydrogen-bond donors (Lipinski definition) is 2. The fraction of sp³-hybridized carbons (Fsp3) is 0.500. The predicted molar refractivity (Wildman–Crippen MR) is 70.9 cm³/mol. The molecule has 0 aromatic heterocycles. The zero-order valence-corrected chi connectivity index (χ0v) is 11.0. The van der Waals surface area contributed by atoms with Crippen molar-refractivity contribution < 1.29 is 4.74 Å². The van der Waals surface area contributed by atoms with Gasteiger partial charge in [-0.1, -0.05) is 6.42 Å². The Morgan fingerprint density at radius 1 is 1.50 bits per heavy atom. The number of nitrogen functional groups attached to an aromatic ring is 1. The lowest BCUT2D eigenvalue weighted by molar-refractivity contribution is 0.180. The van der Waals surface area contributed by atoms with Gasteiger partial charge in [-0.2, -0.15) is 0 Å². The minimum atomic E-state index is 0.677. The largest absolute Gasteiger partial charge is 0.490 e. The molecule has 1 saturated carbocycles. The van der Waals surface area contributed by atoms with E-state index < -0.39 is 0 Å². The summed E-state index contributed by atoms with van der Waals surface area (Å²) in [6, 6.07) is 3.90. The van der Waals surface area contributed by atoms with E-state index in [0.29, 0.717) is 11.6 Å². The molecule has 1 aliphatic rings. The molecule has 1 aliphatic carbocycles. The molecule has 0 atom stereocenters. The van der Waals surface area contributed by atoms with Crippen LogP contribution in [0.25, 0.3) is 0 Å². The van der Waals surface area contributed by atoms with Crippen LogP contribution in [0.4, 0.5) is 11.4 Å². The first-order valence-electron chi connectivity index (χ1n) is 5.61. The summed E-state index contributed by atoms with van der Waals surface area (Å²) < 4.78 is 6.72. The number of rotatable bonds is 4. The highest BCUT2D eigenvalue weighted by Crippen LogP contribution is 2.38. The molecule has 1 aromatic rings. The number of benzene rings is 1. The van der Waals surface area contributed by atoms with Gasteiger partial charge in [-0.15, -0.1) is 0 Å². The van der Waals surface area contributed by atoms with Crippen LogP contribution in [0.2, 0.25) is 0 Å². The molecule has 0 unspecified atom stereocenters. The summed E-state index contributed by atoms with van der Waals surface area (Å²) in [7, 11) is 1.86. The monoisotopic (exact) mass is 284 g/mol. The van der Waals surface area contributed by atoms with Gasteiger partial charge in [0.15, 0.2) is 5.75 Å². The smallest absolute Gasteiger partial charge is 0.158 e. The van der Waals surface area contributed by atoms with Gasteiger partial charge in [-0.3, -0.25) is 0 Å². The number of ether oxygens (including phenoxy) is 1. The Balaban J connectivity index is 2.10. The van der Waals surface area contributed by atoms with Crippen molar-refractivity contribution in [2.75, 3.05) is 24.7 Å². The van der Waals surface area contributed by atoms with Gasteiger partial charge in [-0.25, -0.2) is 0 Å². The second-order valence-corrected chi connectivity index (χ2v) is 5.05. The third-order valence-electron chi connectivity index (χ3n) is 3.11. The number of hydrogen-bond acceptors (Lipinski definition) is 3. The number of nitrogens with one attached hydrogen (secondary N) is 1. The Hall–Kier alpha value is -0.900. The first-order valence-corrected chi connectivity index (χ1v) is 6.40. The Morgan fingerprint density at radius 2 is 2.25 bits per heavy atom. The van der Waals surface area contributed by atoms with E-state index >= 15 is 0 Å². The van der Waals surface area contributed by atoms with Crippen LogP contribution in [0.1, 0.15) is 19.3 Å². The van der Waals surface area contributed by atoms with Gasteiger partial charge in [0.1, 0.15) is 0 Å². The molecule has 0 radical (unpaired) electrons. The maximum Gasteiger partial charge on any atom is 0.158 e. The van der Waals surface area contributed by atoms with Crippen molar-refractivity contribution in [1.82, 2.24) is 0 Å². The summed E-state index contributed by atoms with van der Waals surface area (Å²) in [5.74, 6) is 1.48. The van der Waals surface area contributed by atoms with E-state index in [0.717, 1.165) is 22.5 Å². The quantitative estimate of drug-likeness (QED) is 0.835. The summed E-state index contributed by atoms with van der Waals surface area (Å²) in [4.78, 5) is 0. The van der Waals surface area contributed by atoms with Crippen LogP contribution >= 0.6 is 15.9 Å². The topological polar surface area (TPSA) is 47.3 Å². The molecule has 3 nitrogen and oxygen atoms in total. The zero-order valence-electron chi connectivity index (χ0n) is 9.42. The van der Waals surface area contributed by atoms with Crippen LogP contribution in [-0.4, -0.2) is 13.7 Å². The summed E-state index contributed by atoms with van der Waals surface area (Å²) in [5.41, 5.74) is 7.61. The molecule has 0 bridgehead atoms. The molecular formula is C12H17BrN2O. The van der Waals surface area contributed by atoms with Crippen LogP contribution in [0, 0.1) is 5.92 Å². The van der Waals surface area contributed by atoms with E-state index in [9.17, 15) is 0 Å². The lowest BCUT2D eigenvalue weighted by atomic mass is 9.86. The van der Waals surface area contributed by atoms with Gasteiger partial charge in [-0.05, 0) is 46.8 Å². The summed E-state index contributed by atoms with van der Waals surface area (Å²) in [5, 5.41) is 3.05. The molecule has 2 rings (SSSR count). The third kappa shape index (κ3) is 2.26. The van der Waals surface area contributed by atoms with Crippen LogP contribution in [0.15, 0.2) is 16.6 Å². The molecule has 16 heavy (non-hydrogen) atoms. The minimum absolute atomic E-state index is 0.677. The van der Waals surface area contributed by atoms with Gasteiger partial charge >= 0.3 is 0 Å². The fourth-order valence-corrected chi connectivity index (χ4v) is 2.26. The van der Waals surface area contributed by atoms with Gasteiger partial charge in [0.05, 0.1) is 22.5 Å². The fourth-order valence-electron chi connectivity index (χ4n) is 1.80. The van der Waals surface area contributed by atoms with Crippen molar-refractivity contribution in [1.29, 1.82) is 0 Å². The Morgan fingerprint density at radius 3 is 2.81 bits per heavy atom. The first kappa shape index (κ1) is 11.6. The van der Waals surface area contributed by atoms with Gasteiger partial charge in [0, 0.05) is 7.05 Å². The van der Waals surface area contributed by atoms with Crippen LogP contribution in [0.5, 0.6) is 5.75 Å². The van der Waals surface area contributed by atoms with Crippen molar-refractivity contribution in [3.63, 3.8) is 0 Å². The highest BCUT2D eigenvalue weighted by atomic mass is 79.9. The summed E-state index contributed by atoms with van der Waals surface area (Å²) >= 11 is 3.47. The van der Waals surface area contributed by atoms with E-state index in [-0.39, 0.29) is 0 Å². The maximum atomic E-state index is 6.02. The molecular weight excluding hydrogens is 268 g/mol. The van der Waals surface area contributed by atoms with E-state index in [2.05, 4.69) is 21.2 Å². The zero-order chi connectivity index (χ0) is 11.5. The molecule has 88 valence electrons. The molecule has 4 heteroatoms. The average molecular weight is 285 g/mol. The van der Waals surface area contributed by atoms with Crippen LogP contribution in [0.3, 0.4) is 0 Å². The second kappa shape index (κ2) is 4.95. The van der Waals surface area contributed by atoms with Crippen molar-refractivity contribution in [3.05, 3.63) is 16.6 Å². The lowest BCUT2D eigenvalue weighted by Gasteiger charge is -2.26. The molecule has 3 N–H and O–H groups in total. The first-order chi connectivity index (χ1) is 7.72. The number of nitrogens with two attached hydrogens (primary N) is 1. The molecule has 0 heterocycles. The van der Waals surface area contributed by atoms with Crippen molar-refractivity contribution in [3.8, 4) is 5.75 Å². The Labute approximate surface area is 104 Å². The second-order valence-electron chi connectivity index (χ2n) is 4.20. The predicted octanol–water partition coefficient (Wildman–Crippen LogP) is 3.25. The van der Waals surface area contributed by atoms with Crippen LogP contribution in [-0.2, 0) is 0 Å². The normalized spacial score (nSPS) is 15.6. The van der Waals surface area contributed by atoms with E-state index in [4.69, 9.17) is 10.5 Å². The summed E-state index contributed by atoms with van der Waals surface area (Å²) in [6.07, 6.45) is 3.90. The molecule has 0 aliphatic heterocycles. The van der Waals surface area contributed by atoms with E-state index in [1.165, 1.54) is 19.3 Å². The maximum absolute atomic E-state index is 6.02. The Kier molecular flexibility index (Phi) is 3.59. The molecule has 1 aromatic carbocycles. The van der Waals surface area contributed by atoms with Gasteiger partial charge in [0.2, 0.25) is 0 Å². The third-order valence-corrected chi connectivity index (χ3v) is 3.73. The van der Waals surface area contributed by atoms with Gasteiger partial charge < -0.3 is 15.8 Å². The SMILES string of the molecule is CNc1ccc(Br)c(OCC2CCC2)c1N. The molecule has 0 amide bonds. The van der Waals surface area contributed by atoms with Crippen molar-refractivity contribution in [2.24, 2.45) is 5.92 Å².